The lowest BCUT2D eigenvalue weighted by atomic mass is 10.0. The largest absolute Gasteiger partial charge is 0.491 e. The highest BCUT2D eigenvalue weighted by Crippen LogP contribution is 2.27. The van der Waals surface area contributed by atoms with Crippen molar-refractivity contribution in [2.24, 2.45) is 5.92 Å². The molecule has 2 aromatic rings. The number of carbonyl (C=O) groups excluding carboxylic acids is 1. The number of ether oxygens (including phenoxy) is 2. The van der Waals surface area contributed by atoms with Gasteiger partial charge >= 0.3 is 0 Å². The number of methoxy groups -OCH3 is 1. The monoisotopic (exact) mass is 475 g/mol. The summed E-state index contributed by atoms with van der Waals surface area (Å²) in [6, 6.07) is 11.4. The molecule has 1 aliphatic rings. The molecular formula is C24H33N3O5S. The zero-order valence-corrected chi connectivity index (χ0v) is 20.6. The molecule has 1 amide bonds. The molecule has 9 heteroatoms. The van der Waals surface area contributed by atoms with E-state index in [0.29, 0.717) is 36.7 Å². The molecule has 0 aromatic heterocycles. The zero-order valence-electron chi connectivity index (χ0n) is 19.8. The van der Waals surface area contributed by atoms with Crippen molar-refractivity contribution in [1.82, 2.24) is 10.2 Å². The van der Waals surface area contributed by atoms with E-state index >= 15 is 0 Å². The summed E-state index contributed by atoms with van der Waals surface area (Å²) < 4.78 is 39.9. The molecule has 0 radical (unpaired) electrons. The van der Waals surface area contributed by atoms with Gasteiger partial charge in [0.15, 0.2) is 0 Å². The Morgan fingerprint density at radius 3 is 2.64 bits per heavy atom. The second-order valence-electron chi connectivity index (χ2n) is 8.69. The maximum absolute atomic E-state index is 13.2. The van der Waals surface area contributed by atoms with Gasteiger partial charge in [-0.05, 0) is 49.6 Å². The van der Waals surface area contributed by atoms with Crippen molar-refractivity contribution in [3.05, 3.63) is 53.6 Å². The highest BCUT2D eigenvalue weighted by molar-refractivity contribution is 7.92. The molecule has 2 aromatic carbocycles. The van der Waals surface area contributed by atoms with E-state index < -0.39 is 10.0 Å². The van der Waals surface area contributed by atoms with Crippen LogP contribution in [-0.4, -0.2) is 65.2 Å². The number of carbonyl (C=O) groups is 1. The van der Waals surface area contributed by atoms with Gasteiger partial charge < -0.3 is 19.7 Å². The molecule has 0 bridgehead atoms. The number of hydrogen-bond acceptors (Lipinski definition) is 6. The van der Waals surface area contributed by atoms with E-state index in [1.54, 1.807) is 55.5 Å². The zero-order chi connectivity index (χ0) is 24.2. The second kappa shape index (κ2) is 10.5. The third-order valence-electron chi connectivity index (χ3n) is 5.78. The number of nitrogens with one attached hydrogen (secondary N) is 2. The van der Waals surface area contributed by atoms with Crippen LogP contribution in [0.2, 0.25) is 0 Å². The Hall–Kier alpha value is -2.62. The maximum Gasteiger partial charge on any atom is 0.261 e. The van der Waals surface area contributed by atoms with Crippen LogP contribution in [0.5, 0.6) is 5.75 Å². The number of sulfonamides is 1. The molecule has 0 saturated carbocycles. The molecule has 8 nitrogen and oxygen atoms in total. The van der Waals surface area contributed by atoms with Gasteiger partial charge in [0.2, 0.25) is 0 Å². The van der Waals surface area contributed by atoms with E-state index in [2.05, 4.69) is 17.0 Å². The van der Waals surface area contributed by atoms with E-state index in [0.717, 1.165) is 5.56 Å². The van der Waals surface area contributed by atoms with Crippen molar-refractivity contribution < 1.29 is 22.7 Å². The van der Waals surface area contributed by atoms with E-state index in [1.165, 1.54) is 0 Å². The predicted octanol–water partition coefficient (Wildman–Crippen LogP) is 2.89. The van der Waals surface area contributed by atoms with Gasteiger partial charge in [-0.25, -0.2) is 8.42 Å². The van der Waals surface area contributed by atoms with Gasteiger partial charge in [0.05, 0.1) is 22.3 Å². The number of benzene rings is 2. The molecule has 0 unspecified atom stereocenters. The average Bonchev–Trinajstić information content (AvgIpc) is 2.78. The fourth-order valence-corrected chi connectivity index (χ4v) is 4.87. The Kier molecular flexibility index (Phi) is 7.99. The van der Waals surface area contributed by atoms with Crippen LogP contribution < -0.4 is 14.8 Å². The molecule has 1 heterocycles. The van der Waals surface area contributed by atoms with Crippen molar-refractivity contribution in [3.8, 4) is 5.75 Å². The summed E-state index contributed by atoms with van der Waals surface area (Å²) in [6.07, 6.45) is -0.122. The fraction of sp³-hybridized carbons (Fsp3) is 0.458. The molecule has 0 fully saturated rings. The first-order valence-corrected chi connectivity index (χ1v) is 12.5. The van der Waals surface area contributed by atoms with Crippen LogP contribution in [0.1, 0.15) is 29.8 Å². The minimum Gasteiger partial charge on any atom is -0.491 e. The molecule has 0 spiro atoms. The third kappa shape index (κ3) is 6.25. The predicted molar refractivity (Wildman–Crippen MR) is 128 cm³/mol. The van der Waals surface area contributed by atoms with E-state index in [9.17, 15) is 13.2 Å². The highest BCUT2D eigenvalue weighted by atomic mass is 32.2. The Bertz CT molecular complexity index is 1090. The summed E-state index contributed by atoms with van der Waals surface area (Å²) in [6.45, 7) is 7.38. The van der Waals surface area contributed by atoms with Gasteiger partial charge in [0, 0.05) is 39.4 Å². The lowest BCUT2D eigenvalue weighted by molar-refractivity contribution is 0.0281. The number of hydrogen-bond donors (Lipinski definition) is 2. The van der Waals surface area contributed by atoms with E-state index in [1.807, 2.05) is 19.9 Å². The van der Waals surface area contributed by atoms with Gasteiger partial charge in [0.1, 0.15) is 12.4 Å². The van der Waals surface area contributed by atoms with Crippen molar-refractivity contribution >= 4 is 21.6 Å². The molecule has 1 aliphatic heterocycles. The van der Waals surface area contributed by atoms with Gasteiger partial charge in [-0.3, -0.25) is 9.52 Å². The van der Waals surface area contributed by atoms with Crippen LogP contribution in [0, 0.1) is 12.8 Å². The number of amides is 1. The smallest absolute Gasteiger partial charge is 0.261 e. The summed E-state index contributed by atoms with van der Waals surface area (Å²) in [4.78, 5) is 15.0. The second-order valence-corrected chi connectivity index (χ2v) is 10.4. The van der Waals surface area contributed by atoms with Crippen molar-refractivity contribution in [2.75, 3.05) is 38.6 Å². The first-order chi connectivity index (χ1) is 15.6. The summed E-state index contributed by atoms with van der Waals surface area (Å²) in [5, 5.41) is 3.43. The summed E-state index contributed by atoms with van der Waals surface area (Å²) in [5.74, 6) is 0.311. The molecule has 2 N–H and O–H groups in total. The third-order valence-corrected chi connectivity index (χ3v) is 7.16. The highest BCUT2D eigenvalue weighted by Gasteiger charge is 2.26. The Morgan fingerprint density at radius 1 is 1.18 bits per heavy atom. The van der Waals surface area contributed by atoms with Gasteiger partial charge in [-0.2, -0.15) is 0 Å². The fourth-order valence-electron chi connectivity index (χ4n) is 3.72. The molecular weight excluding hydrogens is 442 g/mol. The number of likely N-dealkylation sites (N-methyl/N-ethyl adjacent to an activating group) is 1. The summed E-state index contributed by atoms with van der Waals surface area (Å²) >= 11 is 0. The van der Waals surface area contributed by atoms with Crippen molar-refractivity contribution in [3.63, 3.8) is 0 Å². The SMILES string of the molecule is CO[C@H]1CN(C)C(=O)c2ccc(NS(=O)(=O)c3cccc(C)c3)cc2OC[C@@H](C)NC[C@H]1C. The Labute approximate surface area is 196 Å². The first kappa shape index (κ1) is 25.0. The quantitative estimate of drug-likeness (QED) is 0.706. The summed E-state index contributed by atoms with van der Waals surface area (Å²) in [5.41, 5.74) is 1.53. The van der Waals surface area contributed by atoms with E-state index in [4.69, 9.17) is 9.47 Å². The minimum absolute atomic E-state index is 0.0257. The lowest BCUT2D eigenvalue weighted by Gasteiger charge is -2.30. The molecule has 33 heavy (non-hydrogen) atoms. The Morgan fingerprint density at radius 2 is 1.94 bits per heavy atom. The number of anilines is 1. The molecule has 3 atom stereocenters. The topological polar surface area (TPSA) is 97.0 Å². The normalized spacial score (nSPS) is 22.5. The molecule has 3 rings (SSSR count). The van der Waals surface area contributed by atoms with Crippen LogP contribution >= 0.6 is 0 Å². The van der Waals surface area contributed by atoms with Crippen LogP contribution in [0.4, 0.5) is 5.69 Å². The van der Waals surface area contributed by atoms with E-state index in [-0.39, 0.29) is 28.9 Å². The van der Waals surface area contributed by atoms with Gasteiger partial charge in [-0.1, -0.05) is 19.1 Å². The number of nitrogens with zero attached hydrogens (tertiary/aromatic N) is 1. The standard InChI is InChI=1S/C24H33N3O5S/c1-16-7-6-8-20(11-16)33(29,30)26-19-9-10-21-22(12-19)32-15-18(3)25-13-17(2)23(31-5)14-27(4)24(21)28/h6-12,17-18,23,25-26H,13-15H2,1-5H3/t17-,18-,23+/m1/s1. The van der Waals surface area contributed by atoms with Crippen LogP contribution in [0.15, 0.2) is 47.4 Å². The first-order valence-electron chi connectivity index (χ1n) is 11.0. The molecule has 180 valence electrons. The van der Waals surface area contributed by atoms with Crippen molar-refractivity contribution in [1.29, 1.82) is 0 Å². The average molecular weight is 476 g/mol. The van der Waals surface area contributed by atoms with Gasteiger partial charge in [-0.15, -0.1) is 0 Å². The van der Waals surface area contributed by atoms with Crippen LogP contribution in [0.3, 0.4) is 0 Å². The minimum atomic E-state index is -3.78. The molecule has 0 saturated heterocycles. The van der Waals surface area contributed by atoms with Crippen molar-refractivity contribution in [2.45, 2.75) is 37.8 Å². The maximum atomic E-state index is 13.2. The Balaban J connectivity index is 1.92. The number of fused-ring (bicyclic) bond motifs is 1. The lowest BCUT2D eigenvalue weighted by Crippen LogP contribution is -2.44. The summed E-state index contributed by atoms with van der Waals surface area (Å²) in [7, 11) is -0.410. The molecule has 0 aliphatic carbocycles. The van der Waals surface area contributed by atoms with Gasteiger partial charge in [0.25, 0.3) is 15.9 Å². The van der Waals surface area contributed by atoms with Crippen LogP contribution in [0.25, 0.3) is 0 Å². The van der Waals surface area contributed by atoms with Crippen LogP contribution in [-0.2, 0) is 14.8 Å². The number of aryl methyl sites for hydroxylation is 1. The number of rotatable bonds is 4.